The predicted molar refractivity (Wildman–Crippen MR) is 55.6 cm³/mol. The van der Waals surface area contributed by atoms with Crippen LogP contribution >= 0.6 is 0 Å². The standard InChI is InChI=1S/C11H17NO2/c1-5-6-11(2)7-8-12(3)9(11)10(13)14-4/h5,7-9H,1,6H2,2-4H3/t9-,11-/m1/s1. The Balaban J connectivity index is 2.90. The number of esters is 1. The SMILES string of the molecule is C=CC[C@]1(C)C=CN(C)[C@@H]1C(=O)OC. The van der Waals surface area contributed by atoms with E-state index in [0.29, 0.717) is 0 Å². The molecule has 3 heteroatoms. The molecule has 0 fully saturated rings. The lowest BCUT2D eigenvalue weighted by Crippen LogP contribution is -2.43. The van der Waals surface area contributed by atoms with Crippen LogP contribution in [0.4, 0.5) is 0 Å². The van der Waals surface area contributed by atoms with E-state index in [0.717, 1.165) is 6.42 Å². The fraction of sp³-hybridized carbons (Fsp3) is 0.545. The van der Waals surface area contributed by atoms with Gasteiger partial charge in [-0.1, -0.05) is 19.1 Å². The van der Waals surface area contributed by atoms with E-state index in [4.69, 9.17) is 4.74 Å². The second-order valence-corrected chi connectivity index (χ2v) is 3.91. The highest BCUT2D eigenvalue weighted by Crippen LogP contribution is 2.36. The zero-order valence-electron chi connectivity index (χ0n) is 8.99. The predicted octanol–water partition coefficient (Wildman–Crippen LogP) is 1.57. The normalized spacial score (nSPS) is 30.5. The molecule has 0 saturated carbocycles. The van der Waals surface area contributed by atoms with E-state index in [1.54, 1.807) is 0 Å². The molecule has 78 valence electrons. The Morgan fingerprint density at radius 2 is 2.43 bits per heavy atom. The molecule has 0 aromatic carbocycles. The molecule has 1 aliphatic heterocycles. The summed E-state index contributed by atoms with van der Waals surface area (Å²) in [5, 5.41) is 0. The highest BCUT2D eigenvalue weighted by Gasteiger charge is 2.42. The van der Waals surface area contributed by atoms with Crippen molar-refractivity contribution in [3.63, 3.8) is 0 Å². The van der Waals surface area contributed by atoms with Gasteiger partial charge < -0.3 is 9.64 Å². The second-order valence-electron chi connectivity index (χ2n) is 3.91. The molecule has 1 rings (SSSR count). The molecule has 3 nitrogen and oxygen atoms in total. The van der Waals surface area contributed by atoms with Crippen LogP contribution < -0.4 is 0 Å². The maximum atomic E-state index is 11.6. The van der Waals surface area contributed by atoms with Crippen LogP contribution in [0.25, 0.3) is 0 Å². The first-order valence-corrected chi connectivity index (χ1v) is 4.65. The average Bonchev–Trinajstić information content (AvgIpc) is 2.42. The molecule has 1 heterocycles. The van der Waals surface area contributed by atoms with E-state index >= 15 is 0 Å². The van der Waals surface area contributed by atoms with Gasteiger partial charge in [-0.15, -0.1) is 6.58 Å². The minimum absolute atomic E-state index is 0.191. The third-order valence-corrected chi connectivity index (χ3v) is 2.73. The van der Waals surface area contributed by atoms with E-state index in [2.05, 4.69) is 6.58 Å². The van der Waals surface area contributed by atoms with E-state index in [-0.39, 0.29) is 17.4 Å². The van der Waals surface area contributed by atoms with Crippen LogP contribution in [0, 0.1) is 5.41 Å². The number of carbonyl (C=O) groups excluding carboxylic acids is 1. The summed E-state index contributed by atoms with van der Waals surface area (Å²) in [5.74, 6) is -0.193. The van der Waals surface area contributed by atoms with Crippen LogP contribution in [0.15, 0.2) is 24.9 Å². The molecule has 0 aromatic heterocycles. The summed E-state index contributed by atoms with van der Waals surface area (Å²) in [5.41, 5.74) is -0.191. The van der Waals surface area contributed by atoms with Gasteiger partial charge in [-0.2, -0.15) is 0 Å². The van der Waals surface area contributed by atoms with Gasteiger partial charge in [0.2, 0.25) is 0 Å². The number of hydrogen-bond acceptors (Lipinski definition) is 3. The number of ether oxygens (including phenoxy) is 1. The minimum Gasteiger partial charge on any atom is -0.467 e. The molecule has 0 bridgehead atoms. The Bertz CT molecular complexity index is 272. The molecule has 0 saturated heterocycles. The largest absolute Gasteiger partial charge is 0.467 e. The van der Waals surface area contributed by atoms with Crippen molar-refractivity contribution in [3.8, 4) is 0 Å². The molecule has 0 N–H and O–H groups in total. The van der Waals surface area contributed by atoms with Crippen molar-refractivity contribution in [2.45, 2.75) is 19.4 Å². The Labute approximate surface area is 85.0 Å². The Morgan fingerprint density at radius 1 is 1.79 bits per heavy atom. The Kier molecular flexibility index (Phi) is 2.99. The summed E-state index contributed by atoms with van der Waals surface area (Å²) >= 11 is 0. The topological polar surface area (TPSA) is 29.5 Å². The van der Waals surface area contributed by atoms with Crippen molar-refractivity contribution in [1.82, 2.24) is 4.90 Å². The lowest BCUT2D eigenvalue weighted by molar-refractivity contribution is -0.148. The van der Waals surface area contributed by atoms with Gasteiger partial charge in [0, 0.05) is 12.5 Å². The maximum absolute atomic E-state index is 11.6. The molecule has 2 atom stereocenters. The molecule has 14 heavy (non-hydrogen) atoms. The van der Waals surface area contributed by atoms with E-state index in [1.807, 2.05) is 37.2 Å². The summed E-state index contributed by atoms with van der Waals surface area (Å²) in [6.45, 7) is 5.75. The monoisotopic (exact) mass is 195 g/mol. The first-order chi connectivity index (χ1) is 6.55. The fourth-order valence-corrected chi connectivity index (χ4v) is 1.97. The van der Waals surface area contributed by atoms with Gasteiger partial charge in [0.05, 0.1) is 7.11 Å². The van der Waals surface area contributed by atoms with Crippen molar-refractivity contribution >= 4 is 5.97 Å². The van der Waals surface area contributed by atoms with Crippen LogP contribution in [0.3, 0.4) is 0 Å². The van der Waals surface area contributed by atoms with Gasteiger partial charge in [-0.25, -0.2) is 4.79 Å². The first kappa shape index (κ1) is 10.8. The third kappa shape index (κ3) is 1.67. The summed E-state index contributed by atoms with van der Waals surface area (Å²) < 4.78 is 4.79. The average molecular weight is 195 g/mol. The van der Waals surface area contributed by atoms with Crippen LogP contribution in [-0.4, -0.2) is 31.1 Å². The van der Waals surface area contributed by atoms with Crippen molar-refractivity contribution in [3.05, 3.63) is 24.9 Å². The van der Waals surface area contributed by atoms with Gasteiger partial charge in [-0.05, 0) is 12.6 Å². The summed E-state index contributed by atoms with van der Waals surface area (Å²) in [7, 11) is 3.30. The van der Waals surface area contributed by atoms with E-state index < -0.39 is 0 Å². The smallest absolute Gasteiger partial charge is 0.329 e. The molecule has 0 aromatic rings. The molecular formula is C11H17NO2. The number of methoxy groups -OCH3 is 1. The van der Waals surface area contributed by atoms with Gasteiger partial charge >= 0.3 is 5.97 Å². The molecule has 0 spiro atoms. The second kappa shape index (κ2) is 3.86. The number of carbonyl (C=O) groups is 1. The first-order valence-electron chi connectivity index (χ1n) is 4.65. The number of hydrogen-bond donors (Lipinski definition) is 0. The molecule has 0 radical (unpaired) electrons. The highest BCUT2D eigenvalue weighted by molar-refractivity contribution is 5.78. The van der Waals surface area contributed by atoms with Crippen LogP contribution in [0.1, 0.15) is 13.3 Å². The van der Waals surface area contributed by atoms with Crippen LogP contribution in [0.2, 0.25) is 0 Å². The fourth-order valence-electron chi connectivity index (χ4n) is 1.97. The van der Waals surface area contributed by atoms with E-state index in [1.165, 1.54) is 7.11 Å². The summed E-state index contributed by atoms with van der Waals surface area (Å²) in [4.78, 5) is 13.5. The van der Waals surface area contributed by atoms with Gasteiger partial charge in [-0.3, -0.25) is 0 Å². The maximum Gasteiger partial charge on any atom is 0.329 e. The Hall–Kier alpha value is -1.25. The van der Waals surface area contributed by atoms with Gasteiger partial charge in [0.25, 0.3) is 0 Å². The third-order valence-electron chi connectivity index (χ3n) is 2.73. The van der Waals surface area contributed by atoms with Crippen LogP contribution in [-0.2, 0) is 9.53 Å². The lowest BCUT2D eigenvalue weighted by atomic mass is 9.81. The zero-order chi connectivity index (χ0) is 10.8. The number of nitrogens with zero attached hydrogens (tertiary/aromatic N) is 1. The molecule has 0 amide bonds. The summed E-state index contributed by atoms with van der Waals surface area (Å²) in [6, 6.07) is -0.231. The lowest BCUT2D eigenvalue weighted by Gasteiger charge is -2.31. The van der Waals surface area contributed by atoms with Crippen molar-refractivity contribution in [1.29, 1.82) is 0 Å². The highest BCUT2D eigenvalue weighted by atomic mass is 16.5. The molecule has 1 aliphatic rings. The van der Waals surface area contributed by atoms with Gasteiger partial charge in [0.1, 0.15) is 6.04 Å². The molecular weight excluding hydrogens is 178 g/mol. The summed E-state index contributed by atoms with van der Waals surface area (Å²) in [6.07, 6.45) is 6.56. The quantitative estimate of drug-likeness (QED) is 0.505. The number of likely N-dealkylation sites (N-methyl/N-ethyl adjacent to an activating group) is 1. The zero-order valence-corrected chi connectivity index (χ0v) is 8.99. The van der Waals surface area contributed by atoms with Crippen molar-refractivity contribution < 1.29 is 9.53 Å². The van der Waals surface area contributed by atoms with Crippen molar-refractivity contribution in [2.24, 2.45) is 5.41 Å². The van der Waals surface area contributed by atoms with Gasteiger partial charge in [0.15, 0.2) is 0 Å². The van der Waals surface area contributed by atoms with Crippen LogP contribution in [0.5, 0.6) is 0 Å². The minimum atomic E-state index is -0.231. The van der Waals surface area contributed by atoms with Crippen molar-refractivity contribution in [2.75, 3.05) is 14.2 Å². The Morgan fingerprint density at radius 3 is 2.93 bits per heavy atom. The van der Waals surface area contributed by atoms with E-state index in [9.17, 15) is 4.79 Å². The molecule has 0 aliphatic carbocycles. The number of allylic oxidation sites excluding steroid dienone is 1. The molecule has 0 unspecified atom stereocenters. The number of rotatable bonds is 3.